The van der Waals surface area contributed by atoms with Gasteiger partial charge in [-0.15, -0.1) is 0 Å². The Balaban J connectivity index is 1.37. The number of imide groups is 1. The van der Waals surface area contributed by atoms with Crippen molar-refractivity contribution in [2.45, 2.75) is 13.0 Å². The summed E-state index contributed by atoms with van der Waals surface area (Å²) in [6.07, 6.45) is 4.38. The fraction of sp³-hybridized carbons (Fsp3) is 0.160. The van der Waals surface area contributed by atoms with E-state index in [0.717, 1.165) is 11.3 Å². The highest BCUT2D eigenvalue weighted by Gasteiger charge is 2.24. The van der Waals surface area contributed by atoms with Crippen LogP contribution < -0.4 is 32.1 Å². The summed E-state index contributed by atoms with van der Waals surface area (Å²) in [6, 6.07) is 9.83. The molecule has 0 fully saturated rings. The molecule has 1 aromatic heterocycles. The summed E-state index contributed by atoms with van der Waals surface area (Å²) >= 11 is 0. The Morgan fingerprint density at radius 2 is 1.76 bits per heavy atom. The molecule has 0 radical (unpaired) electrons. The lowest BCUT2D eigenvalue weighted by Gasteiger charge is -2.14. The predicted octanol–water partition coefficient (Wildman–Crippen LogP) is 2.09. The molecule has 3 aromatic rings. The molecule has 1 aliphatic heterocycles. The summed E-state index contributed by atoms with van der Waals surface area (Å²) in [5.41, 5.74) is 6.57. The Morgan fingerprint density at radius 3 is 2.41 bits per heavy atom. The number of nitrogens with zero attached hydrogens (tertiary/aromatic N) is 2. The maximum atomic E-state index is 14.5. The monoisotopic (exact) mass is 505 g/mol. The first-order valence-corrected chi connectivity index (χ1v) is 11.4. The predicted molar refractivity (Wildman–Crippen MR) is 136 cm³/mol. The zero-order valence-corrected chi connectivity index (χ0v) is 19.6. The third-order valence-electron chi connectivity index (χ3n) is 5.46. The smallest absolute Gasteiger partial charge is 0.326 e. The maximum Gasteiger partial charge on any atom is 0.326 e. The van der Waals surface area contributed by atoms with Crippen LogP contribution in [0.15, 0.2) is 65.6 Å². The number of anilines is 3. The Hall–Kier alpha value is -4.68. The fourth-order valence-electron chi connectivity index (χ4n) is 3.59. The van der Waals surface area contributed by atoms with Gasteiger partial charge in [0.15, 0.2) is 0 Å². The first-order chi connectivity index (χ1) is 17.9. The number of aromatic nitrogens is 2. The number of nitrogens with one attached hydrogen (secondary N) is 4. The number of hydrogen-bond acceptors (Lipinski definition) is 7. The van der Waals surface area contributed by atoms with Gasteiger partial charge in [-0.3, -0.25) is 24.7 Å². The van der Waals surface area contributed by atoms with Crippen molar-refractivity contribution in [1.29, 1.82) is 0 Å². The van der Waals surface area contributed by atoms with Crippen LogP contribution in [-0.2, 0) is 16.1 Å². The molecule has 4 amide bonds. The highest BCUT2D eigenvalue weighted by molar-refractivity contribution is 6.28. The molecule has 0 saturated carbocycles. The van der Waals surface area contributed by atoms with Crippen LogP contribution in [0.4, 0.5) is 26.5 Å². The second kappa shape index (κ2) is 11.4. The van der Waals surface area contributed by atoms with Gasteiger partial charge in [0.1, 0.15) is 5.82 Å². The van der Waals surface area contributed by atoms with Gasteiger partial charge in [0.05, 0.1) is 11.3 Å². The Labute approximate surface area is 210 Å². The van der Waals surface area contributed by atoms with Crippen molar-refractivity contribution in [3.8, 4) is 11.1 Å². The topological polar surface area (TPSA) is 162 Å². The molecule has 11 nitrogen and oxygen atoms in total. The molecule has 2 heterocycles. The number of H-pyrrole nitrogens is 1. The Kier molecular flexibility index (Phi) is 7.81. The van der Waals surface area contributed by atoms with Crippen molar-refractivity contribution in [1.82, 2.24) is 15.3 Å². The number of carbonyl (C=O) groups excluding carboxylic acids is 3. The minimum Gasteiger partial charge on any atom is -0.330 e. The number of benzene rings is 2. The van der Waals surface area contributed by atoms with E-state index in [0.29, 0.717) is 42.1 Å². The van der Waals surface area contributed by atoms with E-state index >= 15 is 0 Å². The average Bonchev–Trinajstić information content (AvgIpc) is 3.21. The molecule has 2 aromatic carbocycles. The van der Waals surface area contributed by atoms with Gasteiger partial charge in [-0.25, -0.2) is 19.1 Å². The molecule has 0 spiro atoms. The van der Waals surface area contributed by atoms with Crippen LogP contribution in [0.1, 0.15) is 12.0 Å². The standard InChI is InChI=1S/C25H24FN7O4/c26-20-12-15(2-3-16(20)13-28-11-1-10-27)19-14-29-24(31-23(19)36)32-25(37)30-17-4-6-18(7-5-17)33-21(34)8-9-22(33)35/h2-9,12,14,28H,1,10-11,13,27H2,(H3,29,30,31,32,36,37). The maximum absolute atomic E-state index is 14.5. The van der Waals surface area contributed by atoms with Crippen molar-refractivity contribution in [2.75, 3.05) is 28.6 Å². The zero-order chi connectivity index (χ0) is 26.4. The number of nitrogens with two attached hydrogens (primary N) is 1. The largest absolute Gasteiger partial charge is 0.330 e. The molecule has 0 atom stereocenters. The van der Waals surface area contributed by atoms with E-state index in [9.17, 15) is 23.6 Å². The van der Waals surface area contributed by atoms with E-state index in [4.69, 9.17) is 5.73 Å². The van der Waals surface area contributed by atoms with Crippen LogP contribution in [-0.4, -0.2) is 40.9 Å². The van der Waals surface area contributed by atoms with Gasteiger partial charge < -0.3 is 16.4 Å². The van der Waals surface area contributed by atoms with E-state index in [1.807, 2.05) is 0 Å². The van der Waals surface area contributed by atoms with Crippen LogP contribution >= 0.6 is 0 Å². The van der Waals surface area contributed by atoms with Crippen molar-refractivity contribution in [2.24, 2.45) is 5.73 Å². The number of amides is 4. The third kappa shape index (κ3) is 6.12. The molecular weight excluding hydrogens is 481 g/mol. The van der Waals surface area contributed by atoms with Crippen LogP contribution in [0.2, 0.25) is 0 Å². The molecule has 190 valence electrons. The molecule has 6 N–H and O–H groups in total. The van der Waals surface area contributed by atoms with Crippen molar-refractivity contribution in [3.63, 3.8) is 0 Å². The van der Waals surface area contributed by atoms with Gasteiger partial charge in [-0.2, -0.15) is 0 Å². The van der Waals surface area contributed by atoms with Crippen LogP contribution in [0.5, 0.6) is 0 Å². The van der Waals surface area contributed by atoms with Crippen LogP contribution in [0, 0.1) is 5.82 Å². The molecular formula is C25H24FN7O4. The number of carbonyl (C=O) groups is 3. The number of hydrogen-bond donors (Lipinski definition) is 5. The molecule has 0 bridgehead atoms. The second-order valence-corrected chi connectivity index (χ2v) is 8.07. The molecule has 0 unspecified atom stereocenters. The summed E-state index contributed by atoms with van der Waals surface area (Å²) in [4.78, 5) is 55.9. The van der Waals surface area contributed by atoms with Crippen molar-refractivity contribution in [3.05, 3.63) is 82.5 Å². The Morgan fingerprint density at radius 1 is 1.03 bits per heavy atom. The number of aromatic amines is 1. The summed E-state index contributed by atoms with van der Waals surface area (Å²) in [7, 11) is 0. The summed E-state index contributed by atoms with van der Waals surface area (Å²) < 4.78 is 14.5. The highest BCUT2D eigenvalue weighted by Crippen LogP contribution is 2.22. The lowest BCUT2D eigenvalue weighted by atomic mass is 10.1. The van der Waals surface area contributed by atoms with Crippen LogP contribution in [0.25, 0.3) is 11.1 Å². The first kappa shape index (κ1) is 25.4. The molecule has 37 heavy (non-hydrogen) atoms. The average molecular weight is 506 g/mol. The molecule has 0 saturated heterocycles. The van der Waals surface area contributed by atoms with E-state index in [-0.39, 0.29) is 11.5 Å². The van der Waals surface area contributed by atoms with Gasteiger partial charge in [-0.1, -0.05) is 12.1 Å². The number of halogens is 1. The third-order valence-corrected chi connectivity index (χ3v) is 5.46. The lowest BCUT2D eigenvalue weighted by molar-refractivity contribution is -0.119. The quantitative estimate of drug-likeness (QED) is 0.220. The van der Waals surface area contributed by atoms with Crippen LogP contribution in [0.3, 0.4) is 0 Å². The molecule has 0 aliphatic carbocycles. The van der Waals surface area contributed by atoms with E-state index in [1.54, 1.807) is 12.1 Å². The Bertz CT molecular complexity index is 1400. The second-order valence-electron chi connectivity index (χ2n) is 8.07. The number of rotatable bonds is 9. The van der Waals surface area contributed by atoms with Gasteiger partial charge in [0.2, 0.25) is 5.95 Å². The van der Waals surface area contributed by atoms with Gasteiger partial charge in [-0.05, 0) is 55.4 Å². The lowest BCUT2D eigenvalue weighted by Crippen LogP contribution is -2.29. The van der Waals surface area contributed by atoms with E-state index in [1.165, 1.54) is 48.7 Å². The minimum atomic E-state index is -0.684. The molecule has 12 heteroatoms. The van der Waals surface area contributed by atoms with Gasteiger partial charge in [0.25, 0.3) is 17.4 Å². The fourth-order valence-corrected chi connectivity index (χ4v) is 3.59. The molecule has 1 aliphatic rings. The SMILES string of the molecule is NCCCNCc1ccc(-c2cnc(NC(=O)Nc3ccc(N4C(=O)C=CC4=O)cc3)[nH]c2=O)cc1F. The summed E-state index contributed by atoms with van der Waals surface area (Å²) in [5, 5.41) is 8.07. The highest BCUT2D eigenvalue weighted by atomic mass is 19.1. The molecule has 4 rings (SSSR count). The van der Waals surface area contributed by atoms with E-state index < -0.39 is 29.2 Å². The van der Waals surface area contributed by atoms with Gasteiger partial charge in [0, 0.05) is 36.1 Å². The normalized spacial score (nSPS) is 12.8. The summed E-state index contributed by atoms with van der Waals surface area (Å²) in [5.74, 6) is -1.46. The van der Waals surface area contributed by atoms with Gasteiger partial charge >= 0.3 is 6.03 Å². The first-order valence-electron chi connectivity index (χ1n) is 11.4. The summed E-state index contributed by atoms with van der Waals surface area (Å²) in [6.45, 7) is 1.56. The van der Waals surface area contributed by atoms with Crippen molar-refractivity contribution < 1.29 is 18.8 Å². The van der Waals surface area contributed by atoms with E-state index in [2.05, 4.69) is 25.9 Å². The minimum absolute atomic E-state index is 0.108. The number of urea groups is 1. The van der Waals surface area contributed by atoms with Crippen molar-refractivity contribution >= 4 is 35.2 Å². The zero-order valence-electron chi connectivity index (χ0n) is 19.6.